The van der Waals surface area contributed by atoms with E-state index in [4.69, 9.17) is 9.97 Å². The molecule has 3 aromatic carbocycles. The van der Waals surface area contributed by atoms with E-state index >= 15 is 0 Å². The van der Waals surface area contributed by atoms with Crippen LogP contribution < -0.4 is 10.4 Å². The highest BCUT2D eigenvalue weighted by atomic mass is 28.3. The number of hydrogen-bond donors (Lipinski definition) is 0. The Kier molecular flexibility index (Phi) is 6.22. The number of fused-ring (bicyclic) bond motifs is 3. The van der Waals surface area contributed by atoms with Crippen molar-refractivity contribution in [2.24, 2.45) is 0 Å². The van der Waals surface area contributed by atoms with Crippen LogP contribution in [0, 0.1) is 0 Å². The molecule has 0 bridgehead atoms. The van der Waals surface area contributed by atoms with Gasteiger partial charge in [0.2, 0.25) is 0 Å². The normalized spacial score (nSPS) is 19.5. The minimum atomic E-state index is -1.96. The van der Waals surface area contributed by atoms with Crippen LogP contribution in [0.25, 0.3) is 39.5 Å². The summed E-state index contributed by atoms with van der Waals surface area (Å²) in [6, 6.07) is 27.9. The third-order valence-corrected chi connectivity index (χ3v) is 10.9. The standard InChI is InChI=1S/C35H30N2Si/c1-25-15-8-5-4-6-9-18-27(23-25)28-19-14-20-29(24-28)35-36-32(26-16-10-7-11-17-26)34-33(37-35)30-21-12-13-22-31(30)38(34,2)3/h4-5,7-24H,1,6H2,2-3H3/b5-4-,15-8-,18-9-,27-23+. The van der Waals surface area contributed by atoms with Crippen molar-refractivity contribution >= 4 is 24.0 Å². The Morgan fingerprint density at radius 3 is 2.32 bits per heavy atom. The van der Waals surface area contributed by atoms with Crippen LogP contribution in [-0.2, 0) is 0 Å². The highest BCUT2D eigenvalue weighted by Crippen LogP contribution is 2.34. The summed E-state index contributed by atoms with van der Waals surface area (Å²) in [6.07, 6.45) is 15.7. The number of aromatic nitrogens is 2. The van der Waals surface area contributed by atoms with Crippen LogP contribution in [0.15, 0.2) is 134 Å². The zero-order chi connectivity index (χ0) is 26.1. The summed E-state index contributed by atoms with van der Waals surface area (Å²) in [5, 5.41) is 2.77. The van der Waals surface area contributed by atoms with E-state index in [1.54, 1.807) is 0 Å². The van der Waals surface area contributed by atoms with Gasteiger partial charge in [0, 0.05) is 11.1 Å². The summed E-state index contributed by atoms with van der Waals surface area (Å²) in [5.41, 5.74) is 8.78. The third kappa shape index (κ3) is 4.35. The molecular formula is C35H30N2Si. The molecule has 0 unspecified atom stereocenters. The molecule has 3 heteroatoms. The zero-order valence-corrected chi connectivity index (χ0v) is 22.9. The van der Waals surface area contributed by atoms with Gasteiger partial charge in [-0.1, -0.05) is 129 Å². The first-order valence-corrected chi connectivity index (χ1v) is 16.1. The van der Waals surface area contributed by atoms with Crippen molar-refractivity contribution < 1.29 is 0 Å². The molecule has 1 aliphatic heterocycles. The van der Waals surface area contributed by atoms with Crippen LogP contribution in [0.4, 0.5) is 0 Å². The molecule has 2 heterocycles. The Bertz CT molecular complexity index is 1670. The van der Waals surface area contributed by atoms with Crippen LogP contribution in [-0.4, -0.2) is 18.0 Å². The van der Waals surface area contributed by atoms with E-state index in [2.05, 4.69) is 129 Å². The first-order chi connectivity index (χ1) is 18.5. The summed E-state index contributed by atoms with van der Waals surface area (Å²) in [5.74, 6) is 0.761. The monoisotopic (exact) mass is 506 g/mol. The lowest BCUT2D eigenvalue weighted by molar-refractivity contribution is 1.20. The molecule has 1 aliphatic carbocycles. The molecule has 2 nitrogen and oxygen atoms in total. The maximum Gasteiger partial charge on any atom is 0.160 e. The van der Waals surface area contributed by atoms with Crippen LogP contribution >= 0.6 is 0 Å². The summed E-state index contributed by atoms with van der Waals surface area (Å²) in [6.45, 7) is 9.05. The van der Waals surface area contributed by atoms with Gasteiger partial charge < -0.3 is 0 Å². The van der Waals surface area contributed by atoms with Crippen LogP contribution in [0.2, 0.25) is 13.1 Å². The van der Waals surface area contributed by atoms with Gasteiger partial charge in [0.05, 0.1) is 11.4 Å². The van der Waals surface area contributed by atoms with Crippen molar-refractivity contribution in [3.8, 4) is 33.9 Å². The Hall–Kier alpha value is -4.34. The molecule has 6 rings (SSSR count). The molecule has 1 aromatic heterocycles. The molecule has 4 aromatic rings. The second-order valence-corrected chi connectivity index (χ2v) is 14.6. The van der Waals surface area contributed by atoms with E-state index in [1.165, 1.54) is 15.9 Å². The van der Waals surface area contributed by atoms with Crippen LogP contribution in [0.3, 0.4) is 0 Å². The molecule has 0 N–H and O–H groups in total. The smallest absolute Gasteiger partial charge is 0.160 e. The third-order valence-electron chi connectivity index (χ3n) is 7.36. The van der Waals surface area contributed by atoms with E-state index in [0.717, 1.165) is 51.5 Å². The lowest BCUT2D eigenvalue weighted by atomic mass is 9.99. The minimum Gasteiger partial charge on any atom is -0.228 e. The Morgan fingerprint density at radius 2 is 1.45 bits per heavy atom. The van der Waals surface area contributed by atoms with Crippen molar-refractivity contribution in [3.05, 3.63) is 139 Å². The van der Waals surface area contributed by atoms with Gasteiger partial charge in [0.25, 0.3) is 0 Å². The number of hydrogen-bond acceptors (Lipinski definition) is 2. The van der Waals surface area contributed by atoms with Gasteiger partial charge in [0.15, 0.2) is 5.82 Å². The van der Waals surface area contributed by atoms with Gasteiger partial charge in [-0.05, 0) is 51.2 Å². The number of allylic oxidation sites excluding steroid dienone is 9. The molecule has 2 aliphatic rings. The van der Waals surface area contributed by atoms with Crippen molar-refractivity contribution in [1.82, 2.24) is 9.97 Å². The van der Waals surface area contributed by atoms with E-state index in [1.807, 2.05) is 12.2 Å². The maximum absolute atomic E-state index is 5.27. The van der Waals surface area contributed by atoms with Crippen molar-refractivity contribution in [3.63, 3.8) is 0 Å². The van der Waals surface area contributed by atoms with Crippen LogP contribution in [0.5, 0.6) is 0 Å². The van der Waals surface area contributed by atoms with Gasteiger partial charge in [-0.2, -0.15) is 0 Å². The van der Waals surface area contributed by atoms with Crippen molar-refractivity contribution in [2.75, 3.05) is 0 Å². The van der Waals surface area contributed by atoms with Crippen molar-refractivity contribution in [1.29, 1.82) is 0 Å². The SMILES string of the molecule is C=C1/C=C\C=C/C/C=C\C(c2cccc(-c3nc(-c4ccccc4)c4c(n3)-c3ccccc3[Si]4(C)C)c2)=C/1. The first kappa shape index (κ1) is 24.0. The molecular weight excluding hydrogens is 476 g/mol. The molecule has 184 valence electrons. The second kappa shape index (κ2) is 9.84. The van der Waals surface area contributed by atoms with Gasteiger partial charge in [-0.25, -0.2) is 9.97 Å². The molecule has 0 radical (unpaired) electrons. The summed E-state index contributed by atoms with van der Waals surface area (Å²) < 4.78 is 0. The number of nitrogens with zero attached hydrogens (tertiary/aromatic N) is 2. The predicted molar refractivity (Wildman–Crippen MR) is 164 cm³/mol. The average Bonchev–Trinajstić information content (AvgIpc) is 3.19. The minimum absolute atomic E-state index is 0.761. The lowest BCUT2D eigenvalue weighted by Gasteiger charge is -2.21. The number of benzene rings is 3. The molecule has 0 amide bonds. The predicted octanol–water partition coefficient (Wildman–Crippen LogP) is 7.63. The van der Waals surface area contributed by atoms with Gasteiger partial charge in [0.1, 0.15) is 8.07 Å². The van der Waals surface area contributed by atoms with Crippen molar-refractivity contribution in [2.45, 2.75) is 19.5 Å². The Balaban J connectivity index is 1.54. The summed E-state index contributed by atoms with van der Waals surface area (Å²) >= 11 is 0. The molecule has 0 saturated heterocycles. The summed E-state index contributed by atoms with van der Waals surface area (Å²) in [7, 11) is -1.96. The fourth-order valence-electron chi connectivity index (χ4n) is 5.47. The summed E-state index contributed by atoms with van der Waals surface area (Å²) in [4.78, 5) is 10.5. The van der Waals surface area contributed by atoms with E-state index in [9.17, 15) is 0 Å². The highest BCUT2D eigenvalue weighted by Gasteiger charge is 2.41. The molecule has 0 spiro atoms. The fourth-order valence-corrected chi connectivity index (χ4v) is 8.71. The van der Waals surface area contributed by atoms with Crippen LogP contribution in [0.1, 0.15) is 12.0 Å². The quantitative estimate of drug-likeness (QED) is 0.267. The molecule has 0 fully saturated rings. The van der Waals surface area contributed by atoms with E-state index in [0.29, 0.717) is 0 Å². The lowest BCUT2D eigenvalue weighted by Crippen LogP contribution is -2.50. The second-order valence-electron chi connectivity index (χ2n) is 10.3. The molecule has 38 heavy (non-hydrogen) atoms. The largest absolute Gasteiger partial charge is 0.228 e. The van der Waals surface area contributed by atoms with E-state index in [-0.39, 0.29) is 0 Å². The van der Waals surface area contributed by atoms with Gasteiger partial charge in [-0.15, -0.1) is 0 Å². The van der Waals surface area contributed by atoms with E-state index < -0.39 is 8.07 Å². The fraction of sp³-hybridized carbons (Fsp3) is 0.0857. The maximum atomic E-state index is 5.27. The van der Waals surface area contributed by atoms with Gasteiger partial charge >= 0.3 is 0 Å². The number of rotatable bonds is 3. The Labute approximate surface area is 226 Å². The first-order valence-electron chi connectivity index (χ1n) is 13.1. The topological polar surface area (TPSA) is 25.8 Å². The average molecular weight is 507 g/mol. The van der Waals surface area contributed by atoms with Gasteiger partial charge in [-0.3, -0.25) is 0 Å². The highest BCUT2D eigenvalue weighted by molar-refractivity contribution is 7.04. The molecule has 0 atom stereocenters. The molecule has 0 saturated carbocycles. The zero-order valence-electron chi connectivity index (χ0n) is 21.9. The Morgan fingerprint density at radius 1 is 0.711 bits per heavy atom.